The smallest absolute Gasteiger partial charge is 0.253 e. The molecular weight excluding hydrogens is 336 g/mol. The van der Waals surface area contributed by atoms with Crippen molar-refractivity contribution >= 4 is 11.8 Å². The Morgan fingerprint density at radius 1 is 1.04 bits per heavy atom. The third kappa shape index (κ3) is 4.97. The highest BCUT2D eigenvalue weighted by molar-refractivity contribution is 5.95. The third-order valence-corrected chi connectivity index (χ3v) is 5.10. The molecule has 1 saturated heterocycles. The first-order valence-corrected chi connectivity index (χ1v) is 9.63. The van der Waals surface area contributed by atoms with Crippen LogP contribution in [0.5, 0.6) is 0 Å². The lowest BCUT2D eigenvalue weighted by Gasteiger charge is -2.32. The zero-order chi connectivity index (χ0) is 19.4. The van der Waals surface area contributed by atoms with Crippen molar-refractivity contribution in [3.05, 3.63) is 70.3 Å². The lowest BCUT2D eigenvalue weighted by molar-refractivity contribution is -0.126. The highest BCUT2D eigenvalue weighted by Gasteiger charge is 2.28. The normalized spacial score (nSPS) is 16.9. The number of piperidine rings is 1. The molecule has 0 aromatic heterocycles. The van der Waals surface area contributed by atoms with Gasteiger partial charge < -0.3 is 10.2 Å². The fourth-order valence-corrected chi connectivity index (χ4v) is 3.81. The highest BCUT2D eigenvalue weighted by atomic mass is 16.2. The summed E-state index contributed by atoms with van der Waals surface area (Å²) in [4.78, 5) is 27.3. The van der Waals surface area contributed by atoms with Gasteiger partial charge in [-0.25, -0.2) is 0 Å². The van der Waals surface area contributed by atoms with Crippen LogP contribution in [-0.2, 0) is 11.3 Å². The Bertz CT molecular complexity index is 824. The largest absolute Gasteiger partial charge is 0.352 e. The minimum Gasteiger partial charge on any atom is -0.352 e. The molecule has 0 spiro atoms. The number of nitrogens with one attached hydrogen (secondary N) is 1. The molecule has 0 aliphatic carbocycles. The van der Waals surface area contributed by atoms with Gasteiger partial charge in [0, 0.05) is 25.2 Å². The first-order valence-electron chi connectivity index (χ1n) is 9.63. The van der Waals surface area contributed by atoms with Crippen molar-refractivity contribution in [3.63, 3.8) is 0 Å². The van der Waals surface area contributed by atoms with E-state index in [4.69, 9.17) is 0 Å². The minimum absolute atomic E-state index is 0.0259. The van der Waals surface area contributed by atoms with Crippen molar-refractivity contribution in [1.29, 1.82) is 0 Å². The maximum atomic E-state index is 12.9. The summed E-state index contributed by atoms with van der Waals surface area (Å²) in [5.41, 5.74) is 5.17. The number of nitrogens with zero attached hydrogens (tertiary/aromatic N) is 1. The van der Waals surface area contributed by atoms with Gasteiger partial charge in [-0.1, -0.05) is 47.0 Å². The van der Waals surface area contributed by atoms with E-state index in [1.54, 1.807) is 0 Å². The van der Waals surface area contributed by atoms with Crippen LogP contribution in [0.1, 0.15) is 45.5 Å². The van der Waals surface area contributed by atoms with E-state index in [1.807, 2.05) is 56.0 Å². The summed E-state index contributed by atoms with van der Waals surface area (Å²) in [6.07, 6.45) is 1.69. The van der Waals surface area contributed by atoms with Gasteiger partial charge in [0.05, 0.1) is 5.92 Å². The third-order valence-electron chi connectivity index (χ3n) is 5.10. The van der Waals surface area contributed by atoms with Crippen molar-refractivity contribution in [2.75, 3.05) is 13.1 Å². The van der Waals surface area contributed by atoms with Crippen LogP contribution in [-0.4, -0.2) is 29.8 Å². The number of likely N-dealkylation sites (tertiary alicyclic amines) is 1. The molecule has 1 fully saturated rings. The fourth-order valence-electron chi connectivity index (χ4n) is 3.81. The molecule has 4 heteroatoms. The molecule has 0 radical (unpaired) electrons. The lowest BCUT2D eigenvalue weighted by Crippen LogP contribution is -2.45. The van der Waals surface area contributed by atoms with Crippen LogP contribution in [0.2, 0.25) is 0 Å². The summed E-state index contributed by atoms with van der Waals surface area (Å²) in [7, 11) is 0. The Morgan fingerprint density at radius 2 is 1.78 bits per heavy atom. The van der Waals surface area contributed by atoms with E-state index < -0.39 is 0 Å². The maximum absolute atomic E-state index is 12.9. The summed E-state index contributed by atoms with van der Waals surface area (Å²) in [6.45, 7) is 7.78. The predicted molar refractivity (Wildman–Crippen MR) is 108 cm³/mol. The number of hydrogen-bond donors (Lipinski definition) is 1. The molecule has 2 aromatic rings. The molecule has 2 amide bonds. The topological polar surface area (TPSA) is 49.4 Å². The SMILES string of the molecule is Cc1cccc(CNC(=O)[C@@H]2CCCN(C(=O)c3cc(C)cc(C)c3)C2)c1. The summed E-state index contributed by atoms with van der Waals surface area (Å²) >= 11 is 0. The zero-order valence-electron chi connectivity index (χ0n) is 16.4. The number of carbonyl (C=O) groups excluding carboxylic acids is 2. The van der Waals surface area contributed by atoms with Crippen molar-refractivity contribution in [3.8, 4) is 0 Å². The van der Waals surface area contributed by atoms with Gasteiger partial charge in [0.25, 0.3) is 5.91 Å². The number of carbonyl (C=O) groups is 2. The summed E-state index contributed by atoms with van der Waals surface area (Å²) in [5, 5.41) is 3.04. The molecule has 1 aliphatic heterocycles. The molecule has 1 heterocycles. The van der Waals surface area contributed by atoms with Crippen LogP contribution in [0.15, 0.2) is 42.5 Å². The first kappa shape index (κ1) is 19.2. The van der Waals surface area contributed by atoms with Gasteiger partial charge in [0.2, 0.25) is 5.91 Å². The first-order chi connectivity index (χ1) is 12.9. The second kappa shape index (κ2) is 8.38. The van der Waals surface area contributed by atoms with Crippen molar-refractivity contribution in [2.45, 2.75) is 40.2 Å². The van der Waals surface area contributed by atoms with E-state index in [-0.39, 0.29) is 17.7 Å². The van der Waals surface area contributed by atoms with Crippen molar-refractivity contribution in [1.82, 2.24) is 10.2 Å². The van der Waals surface area contributed by atoms with Crippen LogP contribution < -0.4 is 5.32 Å². The lowest BCUT2D eigenvalue weighted by atomic mass is 9.96. The molecule has 0 saturated carbocycles. The Labute approximate surface area is 161 Å². The van der Waals surface area contributed by atoms with Crippen LogP contribution in [0, 0.1) is 26.7 Å². The van der Waals surface area contributed by atoms with Gasteiger partial charge >= 0.3 is 0 Å². The summed E-state index contributed by atoms with van der Waals surface area (Å²) < 4.78 is 0. The Kier molecular flexibility index (Phi) is 5.94. The fraction of sp³-hybridized carbons (Fsp3) is 0.391. The molecule has 3 rings (SSSR count). The quantitative estimate of drug-likeness (QED) is 0.897. The molecule has 0 bridgehead atoms. The molecule has 1 N–H and O–H groups in total. The molecule has 0 unspecified atom stereocenters. The molecule has 1 atom stereocenters. The van der Waals surface area contributed by atoms with Gasteiger partial charge in [-0.05, 0) is 51.3 Å². The van der Waals surface area contributed by atoms with E-state index in [1.165, 1.54) is 5.56 Å². The average Bonchev–Trinajstić information content (AvgIpc) is 2.65. The van der Waals surface area contributed by atoms with E-state index >= 15 is 0 Å². The van der Waals surface area contributed by atoms with Gasteiger partial charge in [-0.2, -0.15) is 0 Å². The van der Waals surface area contributed by atoms with E-state index in [9.17, 15) is 9.59 Å². The molecular formula is C23H28N2O2. The number of hydrogen-bond acceptors (Lipinski definition) is 2. The second-order valence-electron chi connectivity index (χ2n) is 7.67. The van der Waals surface area contributed by atoms with Crippen molar-refractivity contribution < 1.29 is 9.59 Å². The van der Waals surface area contributed by atoms with Crippen molar-refractivity contribution in [2.24, 2.45) is 5.92 Å². The van der Waals surface area contributed by atoms with Gasteiger partial charge in [0.1, 0.15) is 0 Å². The number of benzene rings is 2. The Balaban J connectivity index is 1.61. The monoisotopic (exact) mass is 364 g/mol. The Morgan fingerprint density at radius 3 is 2.48 bits per heavy atom. The Hall–Kier alpha value is -2.62. The molecule has 4 nitrogen and oxygen atoms in total. The van der Waals surface area contributed by atoms with E-state index in [0.717, 1.165) is 29.5 Å². The van der Waals surface area contributed by atoms with Crippen LogP contribution >= 0.6 is 0 Å². The minimum atomic E-state index is -0.140. The van der Waals surface area contributed by atoms with Crippen LogP contribution in [0.3, 0.4) is 0 Å². The summed E-state index contributed by atoms with van der Waals surface area (Å²) in [5.74, 6) is -0.0779. The average molecular weight is 364 g/mol. The van der Waals surface area contributed by atoms with E-state index in [0.29, 0.717) is 25.2 Å². The highest BCUT2D eigenvalue weighted by Crippen LogP contribution is 2.20. The van der Waals surface area contributed by atoms with Crippen LogP contribution in [0.25, 0.3) is 0 Å². The molecule has 1 aliphatic rings. The van der Waals surface area contributed by atoms with Gasteiger partial charge in [0.15, 0.2) is 0 Å². The number of rotatable bonds is 4. The van der Waals surface area contributed by atoms with Crippen LogP contribution in [0.4, 0.5) is 0 Å². The maximum Gasteiger partial charge on any atom is 0.253 e. The second-order valence-corrected chi connectivity index (χ2v) is 7.67. The predicted octanol–water partition coefficient (Wildman–Crippen LogP) is 3.78. The number of amides is 2. The molecule has 142 valence electrons. The standard InChI is InChI=1S/C23H28N2O2/c1-16-6-4-7-19(11-16)14-24-22(26)20-8-5-9-25(15-20)23(27)21-12-17(2)10-18(3)13-21/h4,6-7,10-13,20H,5,8-9,14-15H2,1-3H3,(H,24,26)/t20-/m1/s1. The molecule has 27 heavy (non-hydrogen) atoms. The summed E-state index contributed by atoms with van der Waals surface area (Å²) in [6, 6.07) is 14.1. The molecule has 2 aromatic carbocycles. The van der Waals surface area contributed by atoms with E-state index in [2.05, 4.69) is 17.4 Å². The zero-order valence-corrected chi connectivity index (χ0v) is 16.4. The van der Waals surface area contributed by atoms with Gasteiger partial charge in [-0.3, -0.25) is 9.59 Å². The number of aryl methyl sites for hydroxylation is 3. The van der Waals surface area contributed by atoms with Gasteiger partial charge in [-0.15, -0.1) is 0 Å².